The fourth-order valence-electron chi connectivity index (χ4n) is 2.78. The molecule has 0 aromatic heterocycles. The van der Waals surface area contributed by atoms with Crippen molar-refractivity contribution < 1.29 is 19.8 Å². The summed E-state index contributed by atoms with van der Waals surface area (Å²) < 4.78 is 8.74. The summed E-state index contributed by atoms with van der Waals surface area (Å²) in [6, 6.07) is 23.6. The minimum atomic E-state index is -3.13. The predicted octanol–water partition coefficient (Wildman–Crippen LogP) is 3.32. The van der Waals surface area contributed by atoms with Crippen molar-refractivity contribution in [2.24, 2.45) is 0 Å². The summed E-state index contributed by atoms with van der Waals surface area (Å²) in [6.45, 7) is 0. The molecule has 0 saturated heterocycles. The topological polar surface area (TPSA) is 89.0 Å². The first-order valence-electron chi connectivity index (χ1n) is 7.01. The molecule has 126 valence electrons. The molecule has 4 aromatic rings. The molecular formula is C18H18KO4PS. The van der Waals surface area contributed by atoms with E-state index in [4.69, 9.17) is 14.4 Å². The fraction of sp³-hybridized carbons (Fsp3) is 0. The second-order valence-electron chi connectivity index (χ2n) is 5.14. The molecular weight excluding hydrogens is 382 g/mol. The van der Waals surface area contributed by atoms with E-state index in [0.29, 0.717) is 0 Å². The summed E-state index contributed by atoms with van der Waals surface area (Å²) in [5, 5.41) is 7.60. The average Bonchev–Trinajstić information content (AvgIpc) is 2.52. The summed E-state index contributed by atoms with van der Waals surface area (Å²) in [5.41, 5.74) is 0. The summed E-state index contributed by atoms with van der Waals surface area (Å²) in [5.74, 6) is 0. The first kappa shape index (κ1) is 22.8. The van der Waals surface area contributed by atoms with Crippen molar-refractivity contribution in [3.63, 3.8) is 0 Å². The number of fused-ring (bicyclic) bond motifs is 4. The van der Waals surface area contributed by atoms with Crippen LogP contribution in [-0.4, -0.2) is 66.6 Å². The van der Waals surface area contributed by atoms with Crippen LogP contribution in [0, 0.1) is 0 Å². The van der Waals surface area contributed by atoms with Crippen LogP contribution in [0.5, 0.6) is 0 Å². The van der Waals surface area contributed by atoms with Gasteiger partial charge in [0, 0.05) is 10.3 Å². The van der Waals surface area contributed by atoms with Gasteiger partial charge in [-0.15, -0.1) is 12.6 Å². The Morgan fingerprint density at radius 2 is 1.28 bits per heavy atom. The van der Waals surface area contributed by atoms with E-state index < -0.39 is 8.25 Å². The number of rotatable bonds is 0. The Hall–Kier alpha value is -0.244. The van der Waals surface area contributed by atoms with E-state index in [2.05, 4.69) is 79.4 Å². The average molecular weight is 400 g/mol. The Bertz CT molecular complexity index is 1040. The van der Waals surface area contributed by atoms with Crippen LogP contribution in [0.4, 0.5) is 0 Å². The van der Waals surface area contributed by atoms with Crippen LogP contribution in [0.15, 0.2) is 71.6 Å². The van der Waals surface area contributed by atoms with Gasteiger partial charge in [0.2, 0.25) is 0 Å². The Balaban J connectivity index is 0.000000476. The summed E-state index contributed by atoms with van der Waals surface area (Å²) in [4.78, 5) is 15.4. The van der Waals surface area contributed by atoms with Crippen molar-refractivity contribution in [1.29, 1.82) is 0 Å². The maximum absolute atomic E-state index is 8.74. The molecule has 0 aliphatic heterocycles. The second kappa shape index (κ2) is 10.2. The molecule has 0 amide bonds. The quantitative estimate of drug-likeness (QED) is 0.139. The Kier molecular flexibility index (Phi) is 9.29. The van der Waals surface area contributed by atoms with Crippen LogP contribution in [0.25, 0.3) is 32.3 Å². The van der Waals surface area contributed by atoms with Crippen LogP contribution in [0.3, 0.4) is 0 Å². The molecule has 0 heterocycles. The molecule has 4 N–H and O–H groups in total. The zero-order chi connectivity index (χ0) is 16.4. The van der Waals surface area contributed by atoms with Gasteiger partial charge < -0.3 is 15.3 Å². The van der Waals surface area contributed by atoms with E-state index in [1.165, 1.54) is 32.3 Å². The third-order valence-corrected chi connectivity index (χ3v) is 4.08. The van der Waals surface area contributed by atoms with Crippen LogP contribution in [0.1, 0.15) is 0 Å². The van der Waals surface area contributed by atoms with Crippen molar-refractivity contribution in [3.8, 4) is 0 Å². The van der Waals surface area contributed by atoms with Gasteiger partial charge in [0.1, 0.15) is 0 Å². The zero-order valence-electron chi connectivity index (χ0n) is 12.6. The molecule has 0 unspecified atom stereocenters. The van der Waals surface area contributed by atoms with E-state index in [1.807, 2.05) is 0 Å². The van der Waals surface area contributed by atoms with E-state index in [-0.39, 0.29) is 56.9 Å². The van der Waals surface area contributed by atoms with Gasteiger partial charge in [-0.25, -0.2) is 0 Å². The van der Waals surface area contributed by atoms with Gasteiger partial charge in [0.25, 0.3) is 0 Å². The standard InChI is InChI=1S/C18H12S.K.H3O3P.H2O.H/c19-17-7-3-6-12-8-9-15-10-13-4-1-2-5-14(13)11-16(15)18(12)17;;1-4(2)3;;/h1-11,19H;;4H,(H2,1,2,3);1H2;. The Morgan fingerprint density at radius 1 is 0.760 bits per heavy atom. The van der Waals surface area contributed by atoms with Crippen LogP contribution < -0.4 is 0 Å². The second-order valence-corrected chi connectivity index (χ2v) is 6.19. The molecule has 0 fully saturated rings. The van der Waals surface area contributed by atoms with Gasteiger partial charge >= 0.3 is 59.6 Å². The molecule has 7 heteroatoms. The van der Waals surface area contributed by atoms with Crippen molar-refractivity contribution in [2.45, 2.75) is 4.90 Å². The molecule has 4 aromatic carbocycles. The van der Waals surface area contributed by atoms with Crippen LogP contribution in [-0.2, 0) is 4.57 Å². The van der Waals surface area contributed by atoms with Gasteiger partial charge in [0.05, 0.1) is 0 Å². The number of hydrogen-bond acceptors (Lipinski definition) is 2. The van der Waals surface area contributed by atoms with Crippen LogP contribution in [0.2, 0.25) is 0 Å². The first-order chi connectivity index (χ1) is 11.1. The summed E-state index contributed by atoms with van der Waals surface area (Å²) in [7, 11) is -3.13. The summed E-state index contributed by atoms with van der Waals surface area (Å²) >= 11 is 4.62. The van der Waals surface area contributed by atoms with Gasteiger partial charge in [-0.2, -0.15) is 0 Å². The Labute approximate surface area is 194 Å². The number of thiol groups is 1. The van der Waals surface area contributed by atoms with Crippen molar-refractivity contribution in [2.75, 3.05) is 0 Å². The molecule has 0 radical (unpaired) electrons. The van der Waals surface area contributed by atoms with E-state index in [0.717, 1.165) is 4.90 Å². The third-order valence-electron chi connectivity index (χ3n) is 3.70. The summed E-state index contributed by atoms with van der Waals surface area (Å²) in [6.07, 6.45) is 0. The van der Waals surface area contributed by atoms with Gasteiger partial charge in [-0.05, 0) is 45.1 Å². The van der Waals surface area contributed by atoms with Crippen molar-refractivity contribution in [1.82, 2.24) is 0 Å². The molecule has 0 saturated carbocycles. The first-order valence-corrected chi connectivity index (χ1v) is 8.76. The Morgan fingerprint density at radius 3 is 1.92 bits per heavy atom. The fourth-order valence-corrected chi connectivity index (χ4v) is 3.12. The minimum absolute atomic E-state index is 0. The SMILES string of the molecule is O.O=[PH](O)O.Sc1cccc2ccc3cc4ccccc4cc3c12.[KH]. The van der Waals surface area contributed by atoms with Gasteiger partial charge in [-0.1, -0.05) is 48.5 Å². The van der Waals surface area contributed by atoms with Crippen molar-refractivity contribution in [3.05, 3.63) is 66.7 Å². The van der Waals surface area contributed by atoms with E-state index in [1.54, 1.807) is 0 Å². The number of hydrogen-bond donors (Lipinski definition) is 3. The van der Waals surface area contributed by atoms with Crippen LogP contribution >= 0.6 is 20.9 Å². The molecule has 4 rings (SSSR count). The molecule has 25 heavy (non-hydrogen) atoms. The third kappa shape index (κ3) is 5.37. The predicted molar refractivity (Wildman–Crippen MR) is 110 cm³/mol. The van der Waals surface area contributed by atoms with E-state index >= 15 is 0 Å². The molecule has 0 bridgehead atoms. The molecule has 0 atom stereocenters. The normalized spacial score (nSPS) is 10.1. The van der Waals surface area contributed by atoms with Gasteiger partial charge in [-0.3, -0.25) is 4.57 Å². The van der Waals surface area contributed by atoms with E-state index in [9.17, 15) is 0 Å². The van der Waals surface area contributed by atoms with Crippen molar-refractivity contribution >= 4 is 105 Å². The molecule has 0 aliphatic rings. The maximum atomic E-state index is 8.74. The number of benzene rings is 4. The van der Waals surface area contributed by atoms with Gasteiger partial charge in [0.15, 0.2) is 0 Å². The zero-order valence-corrected chi connectivity index (χ0v) is 14.5. The molecule has 0 spiro atoms. The monoisotopic (exact) mass is 400 g/mol. The molecule has 4 nitrogen and oxygen atoms in total. The molecule has 0 aliphatic carbocycles.